The Bertz CT molecular complexity index is 1430. The van der Waals surface area contributed by atoms with E-state index in [-0.39, 0.29) is 25.0 Å². The molecule has 3 aliphatic rings. The molecule has 246 valence electrons. The molecule has 46 heavy (non-hydrogen) atoms. The molecule has 3 aliphatic heterocycles. The number of anilines is 2. The topological polar surface area (TPSA) is 99.6 Å². The number of amides is 2. The maximum absolute atomic E-state index is 15.1. The summed E-state index contributed by atoms with van der Waals surface area (Å²) < 4.78 is 12.6. The van der Waals surface area contributed by atoms with Crippen LogP contribution in [-0.2, 0) is 23.9 Å². The lowest BCUT2D eigenvalue weighted by Gasteiger charge is -2.39. The molecule has 0 saturated carbocycles. The van der Waals surface area contributed by atoms with Crippen LogP contribution in [0.2, 0.25) is 0 Å². The van der Waals surface area contributed by atoms with Crippen molar-refractivity contribution in [1.82, 2.24) is 4.90 Å². The molecule has 1 N–H and O–H groups in total. The van der Waals surface area contributed by atoms with E-state index in [9.17, 15) is 14.7 Å². The average Bonchev–Trinajstić information content (AvgIpc) is 3.69. The minimum atomic E-state index is -1.27. The van der Waals surface area contributed by atoms with Gasteiger partial charge in [0.15, 0.2) is 0 Å². The zero-order valence-corrected chi connectivity index (χ0v) is 27.3. The van der Waals surface area contributed by atoms with E-state index in [1.807, 2.05) is 61.5 Å². The number of likely N-dealkylation sites (tertiary alicyclic amines) is 1. The van der Waals surface area contributed by atoms with Gasteiger partial charge >= 0.3 is 5.97 Å². The van der Waals surface area contributed by atoms with Crippen LogP contribution < -0.4 is 9.80 Å². The third kappa shape index (κ3) is 5.43. The van der Waals surface area contributed by atoms with Gasteiger partial charge in [-0.25, -0.2) is 0 Å². The van der Waals surface area contributed by atoms with Gasteiger partial charge in [0, 0.05) is 31.0 Å². The molecule has 5 rings (SSSR count). The fraction of sp³-hybridized carbons (Fsp3) is 0.486. The third-order valence-electron chi connectivity index (χ3n) is 10.2. The number of aliphatic hydroxyl groups excluding tert-OH is 1. The number of rotatable bonds is 15. The molecule has 3 heterocycles. The highest BCUT2D eigenvalue weighted by Crippen LogP contribution is 2.65. The van der Waals surface area contributed by atoms with E-state index >= 15 is 4.79 Å². The summed E-state index contributed by atoms with van der Waals surface area (Å²) in [5.41, 5.74) is 0.199. The highest BCUT2D eigenvalue weighted by molar-refractivity contribution is 6.05. The minimum Gasteiger partial charge on any atom is -0.465 e. The summed E-state index contributed by atoms with van der Waals surface area (Å²) in [5.74, 6) is -3.02. The van der Waals surface area contributed by atoms with Gasteiger partial charge in [-0.1, -0.05) is 49.4 Å². The predicted octanol–water partition coefficient (Wildman–Crippen LogP) is 5.06. The van der Waals surface area contributed by atoms with E-state index in [4.69, 9.17) is 9.47 Å². The average molecular weight is 630 g/mol. The number of benzene rings is 2. The maximum atomic E-state index is 15.1. The summed E-state index contributed by atoms with van der Waals surface area (Å²) in [4.78, 5) is 49.0. The fourth-order valence-corrected chi connectivity index (χ4v) is 8.02. The van der Waals surface area contributed by atoms with Crippen LogP contribution in [0, 0.1) is 11.8 Å². The standard InChI is InChI=1S/C37H47N3O6/c1-6-11-24-45-35(44)31-30-33(42)40(29(25-41)26-15-13-12-14-16-26)32(37(30)22-21-36(31,8-3)46-37)34(43)39(23-7-2)28-19-17-27(18-20-28)38(9-4)10-5/h6-7,12-20,29-32,41H,1-2,8-11,21-25H2,3-5H3/t29-,30+,31-,32?,36+,37?/m1/s1. The van der Waals surface area contributed by atoms with Gasteiger partial charge < -0.3 is 29.3 Å². The van der Waals surface area contributed by atoms with Gasteiger partial charge in [0.1, 0.15) is 17.6 Å². The highest BCUT2D eigenvalue weighted by Gasteiger charge is 2.79. The smallest absolute Gasteiger partial charge is 0.312 e. The molecule has 0 aliphatic carbocycles. The number of fused-ring (bicyclic) bond motifs is 1. The van der Waals surface area contributed by atoms with Crippen LogP contribution in [0.3, 0.4) is 0 Å². The molecular weight excluding hydrogens is 582 g/mol. The molecule has 2 aromatic rings. The Kier molecular flexibility index (Phi) is 10.0. The van der Waals surface area contributed by atoms with Crippen LogP contribution in [-0.4, -0.2) is 77.9 Å². The molecular formula is C37H47N3O6. The van der Waals surface area contributed by atoms with Crippen molar-refractivity contribution >= 4 is 29.2 Å². The van der Waals surface area contributed by atoms with Gasteiger partial charge in [0.25, 0.3) is 5.91 Å². The third-order valence-corrected chi connectivity index (χ3v) is 10.2. The SMILES string of the molecule is C=CCCOC(=O)[C@H]1[C@H]2C(=O)N([C@H](CO)c3ccccc3)C(C(=O)N(CC=C)c3ccc(N(CC)CC)cc3)C23CC[C@]1(CC)O3. The first-order valence-corrected chi connectivity index (χ1v) is 16.5. The number of aliphatic hydroxyl groups is 1. The van der Waals surface area contributed by atoms with E-state index in [0.717, 1.165) is 18.8 Å². The largest absolute Gasteiger partial charge is 0.465 e. The van der Waals surface area contributed by atoms with Gasteiger partial charge in [0.05, 0.1) is 30.8 Å². The van der Waals surface area contributed by atoms with Crippen molar-refractivity contribution in [3.8, 4) is 0 Å². The van der Waals surface area contributed by atoms with Crippen molar-refractivity contribution in [2.75, 3.05) is 42.6 Å². The van der Waals surface area contributed by atoms with E-state index in [0.29, 0.717) is 36.9 Å². The van der Waals surface area contributed by atoms with E-state index in [1.54, 1.807) is 17.1 Å². The molecule has 6 atom stereocenters. The van der Waals surface area contributed by atoms with Crippen LogP contribution >= 0.6 is 0 Å². The molecule has 1 spiro atoms. The number of carbonyl (C=O) groups is 3. The second-order valence-electron chi connectivity index (χ2n) is 12.4. The summed E-state index contributed by atoms with van der Waals surface area (Å²) in [6.07, 6.45) is 5.25. The Labute approximate surface area is 272 Å². The Balaban J connectivity index is 1.62. The van der Waals surface area contributed by atoms with Crippen LogP contribution in [0.5, 0.6) is 0 Å². The fourth-order valence-electron chi connectivity index (χ4n) is 8.02. The zero-order valence-electron chi connectivity index (χ0n) is 27.3. The second kappa shape index (κ2) is 13.8. The molecule has 2 bridgehead atoms. The van der Waals surface area contributed by atoms with Crippen molar-refractivity contribution in [2.45, 2.75) is 69.7 Å². The van der Waals surface area contributed by atoms with Crippen molar-refractivity contribution < 1.29 is 29.0 Å². The van der Waals surface area contributed by atoms with Gasteiger partial charge in [-0.2, -0.15) is 0 Å². The summed E-state index contributed by atoms with van der Waals surface area (Å²) in [5, 5.41) is 10.8. The number of nitrogens with zero attached hydrogens (tertiary/aromatic N) is 3. The molecule has 3 saturated heterocycles. The first-order valence-electron chi connectivity index (χ1n) is 16.5. The van der Waals surface area contributed by atoms with Crippen molar-refractivity contribution in [3.63, 3.8) is 0 Å². The lowest BCUT2D eigenvalue weighted by atomic mass is 9.65. The predicted molar refractivity (Wildman–Crippen MR) is 178 cm³/mol. The van der Waals surface area contributed by atoms with E-state index < -0.39 is 47.7 Å². The number of ether oxygens (including phenoxy) is 2. The summed E-state index contributed by atoms with van der Waals surface area (Å²) in [6.45, 7) is 15.4. The van der Waals surface area contributed by atoms with E-state index in [1.165, 1.54) is 4.90 Å². The lowest BCUT2D eigenvalue weighted by molar-refractivity contribution is -0.162. The monoisotopic (exact) mass is 629 g/mol. The number of hydrogen-bond acceptors (Lipinski definition) is 7. The van der Waals surface area contributed by atoms with Crippen LogP contribution in [0.25, 0.3) is 0 Å². The Morgan fingerprint density at radius 1 is 1.04 bits per heavy atom. The van der Waals surface area contributed by atoms with Crippen LogP contribution in [0.15, 0.2) is 79.9 Å². The van der Waals surface area contributed by atoms with E-state index in [2.05, 4.69) is 31.9 Å². The highest BCUT2D eigenvalue weighted by atomic mass is 16.6. The Morgan fingerprint density at radius 2 is 1.72 bits per heavy atom. The normalized spacial score (nSPS) is 26.8. The maximum Gasteiger partial charge on any atom is 0.312 e. The molecule has 2 unspecified atom stereocenters. The summed E-state index contributed by atoms with van der Waals surface area (Å²) in [7, 11) is 0. The van der Waals surface area contributed by atoms with Gasteiger partial charge in [-0.05, 0) is 69.4 Å². The molecule has 9 heteroatoms. The Hall–Kier alpha value is -3.95. The number of carbonyl (C=O) groups excluding carboxylic acids is 3. The number of hydrogen-bond donors (Lipinski definition) is 1. The summed E-state index contributed by atoms with van der Waals surface area (Å²) >= 11 is 0. The summed E-state index contributed by atoms with van der Waals surface area (Å²) in [6, 6.07) is 15.1. The van der Waals surface area contributed by atoms with Gasteiger partial charge in [-0.3, -0.25) is 14.4 Å². The molecule has 2 amide bonds. The van der Waals surface area contributed by atoms with Gasteiger partial charge in [0.2, 0.25) is 5.91 Å². The molecule has 2 aromatic carbocycles. The van der Waals surface area contributed by atoms with Crippen LogP contribution in [0.4, 0.5) is 11.4 Å². The zero-order chi connectivity index (χ0) is 33.1. The lowest BCUT2D eigenvalue weighted by Crippen LogP contribution is -2.57. The molecule has 9 nitrogen and oxygen atoms in total. The van der Waals surface area contributed by atoms with Crippen molar-refractivity contribution in [1.29, 1.82) is 0 Å². The quantitative estimate of drug-likeness (QED) is 0.167. The van der Waals surface area contributed by atoms with Gasteiger partial charge in [-0.15, -0.1) is 13.2 Å². The second-order valence-corrected chi connectivity index (χ2v) is 12.4. The molecule has 3 fully saturated rings. The molecule has 0 aromatic heterocycles. The molecule has 0 radical (unpaired) electrons. The van der Waals surface area contributed by atoms with Crippen LogP contribution in [0.1, 0.15) is 58.1 Å². The Morgan fingerprint density at radius 3 is 2.30 bits per heavy atom. The first kappa shape index (κ1) is 33.4. The minimum absolute atomic E-state index is 0.151. The van der Waals surface area contributed by atoms with Crippen molar-refractivity contribution in [3.05, 3.63) is 85.5 Å². The van der Waals surface area contributed by atoms with Crippen molar-refractivity contribution in [2.24, 2.45) is 11.8 Å². The first-order chi connectivity index (χ1) is 22.3. The number of esters is 1.